The maximum Gasteiger partial charge on any atom is 0.401 e. The third-order valence-corrected chi connectivity index (χ3v) is 4.04. The van der Waals surface area contributed by atoms with Crippen LogP contribution in [0.3, 0.4) is 0 Å². The van der Waals surface area contributed by atoms with Gasteiger partial charge in [-0.25, -0.2) is 8.42 Å². The van der Waals surface area contributed by atoms with Crippen LogP contribution < -0.4 is 0 Å². The molecular formula is C9H17ClF3NO2S. The standard InChI is InChI=1S/C9H17ClF3NO2S/c1-2-6-17(15,16)7-5-14(4-3-10)8-9(11,12)13/h2-8H2,1H3. The molecule has 0 rings (SSSR count). The first-order valence-electron chi connectivity index (χ1n) is 5.25. The number of alkyl halides is 4. The van der Waals surface area contributed by atoms with E-state index in [1.807, 2.05) is 0 Å². The second-order valence-electron chi connectivity index (χ2n) is 3.73. The minimum Gasteiger partial charge on any atom is -0.293 e. The smallest absolute Gasteiger partial charge is 0.293 e. The molecule has 3 nitrogen and oxygen atoms in total. The van der Waals surface area contributed by atoms with E-state index < -0.39 is 22.6 Å². The van der Waals surface area contributed by atoms with Crippen LogP contribution in [0.2, 0.25) is 0 Å². The maximum atomic E-state index is 12.2. The van der Waals surface area contributed by atoms with Crippen molar-refractivity contribution < 1.29 is 21.6 Å². The van der Waals surface area contributed by atoms with Gasteiger partial charge in [-0.2, -0.15) is 13.2 Å². The van der Waals surface area contributed by atoms with Gasteiger partial charge in [0, 0.05) is 24.7 Å². The Bertz CT molecular complexity index is 306. The molecule has 0 spiro atoms. The normalized spacial score (nSPS) is 13.3. The molecule has 0 bridgehead atoms. The summed E-state index contributed by atoms with van der Waals surface area (Å²) in [6, 6.07) is 0. The van der Waals surface area contributed by atoms with Crippen LogP contribution >= 0.6 is 11.6 Å². The number of halogens is 4. The van der Waals surface area contributed by atoms with Crippen LogP contribution in [0.4, 0.5) is 13.2 Å². The Morgan fingerprint density at radius 3 is 2.18 bits per heavy atom. The van der Waals surface area contributed by atoms with Crippen molar-refractivity contribution in [3.8, 4) is 0 Å². The summed E-state index contributed by atoms with van der Waals surface area (Å²) in [7, 11) is -3.25. The van der Waals surface area contributed by atoms with Gasteiger partial charge < -0.3 is 0 Å². The second kappa shape index (κ2) is 7.43. The quantitative estimate of drug-likeness (QED) is 0.642. The van der Waals surface area contributed by atoms with Gasteiger partial charge in [0.25, 0.3) is 0 Å². The highest BCUT2D eigenvalue weighted by Gasteiger charge is 2.30. The van der Waals surface area contributed by atoms with E-state index in [-0.39, 0.29) is 30.5 Å². The molecule has 0 saturated carbocycles. The zero-order valence-electron chi connectivity index (χ0n) is 9.63. The highest BCUT2D eigenvalue weighted by atomic mass is 35.5. The van der Waals surface area contributed by atoms with Crippen LogP contribution in [0.5, 0.6) is 0 Å². The molecule has 0 aromatic carbocycles. The topological polar surface area (TPSA) is 37.4 Å². The van der Waals surface area contributed by atoms with E-state index in [4.69, 9.17) is 11.6 Å². The minimum atomic E-state index is -4.33. The Kier molecular flexibility index (Phi) is 7.43. The summed E-state index contributed by atoms with van der Waals surface area (Å²) in [4.78, 5) is 1.01. The average Bonchev–Trinajstić information content (AvgIpc) is 2.12. The fourth-order valence-corrected chi connectivity index (χ4v) is 2.93. The van der Waals surface area contributed by atoms with Gasteiger partial charge in [-0.15, -0.1) is 11.6 Å². The molecule has 0 aliphatic rings. The largest absolute Gasteiger partial charge is 0.401 e. The zero-order valence-corrected chi connectivity index (χ0v) is 11.2. The van der Waals surface area contributed by atoms with E-state index in [9.17, 15) is 21.6 Å². The number of hydrogen-bond acceptors (Lipinski definition) is 3. The highest BCUT2D eigenvalue weighted by molar-refractivity contribution is 7.91. The van der Waals surface area contributed by atoms with Gasteiger partial charge in [0.1, 0.15) is 0 Å². The third-order valence-electron chi connectivity index (χ3n) is 2.04. The molecule has 0 aliphatic heterocycles. The molecule has 0 N–H and O–H groups in total. The van der Waals surface area contributed by atoms with Crippen LogP contribution in [-0.4, -0.2) is 56.5 Å². The van der Waals surface area contributed by atoms with Crippen molar-refractivity contribution >= 4 is 21.4 Å². The van der Waals surface area contributed by atoms with E-state index >= 15 is 0 Å². The lowest BCUT2D eigenvalue weighted by Gasteiger charge is -2.22. The van der Waals surface area contributed by atoms with Crippen LogP contribution in [-0.2, 0) is 9.84 Å². The number of sulfone groups is 1. The van der Waals surface area contributed by atoms with Crippen molar-refractivity contribution in [1.29, 1.82) is 0 Å². The number of nitrogens with zero attached hydrogens (tertiary/aromatic N) is 1. The van der Waals surface area contributed by atoms with E-state index in [0.29, 0.717) is 6.42 Å². The van der Waals surface area contributed by atoms with Crippen molar-refractivity contribution in [3.63, 3.8) is 0 Å². The maximum absolute atomic E-state index is 12.2. The van der Waals surface area contributed by atoms with E-state index in [2.05, 4.69) is 0 Å². The molecule has 0 heterocycles. The highest BCUT2D eigenvalue weighted by Crippen LogP contribution is 2.16. The van der Waals surface area contributed by atoms with Crippen molar-refractivity contribution in [1.82, 2.24) is 4.90 Å². The molecule has 104 valence electrons. The van der Waals surface area contributed by atoms with Crippen molar-refractivity contribution in [2.45, 2.75) is 19.5 Å². The molecule has 0 saturated heterocycles. The number of rotatable bonds is 8. The molecule has 0 atom stereocenters. The molecule has 0 aromatic rings. The number of hydrogen-bond donors (Lipinski definition) is 0. The summed E-state index contributed by atoms with van der Waals surface area (Å²) >= 11 is 5.38. The minimum absolute atomic E-state index is 0.00767. The lowest BCUT2D eigenvalue weighted by Crippen LogP contribution is -2.38. The Morgan fingerprint density at radius 2 is 1.76 bits per heavy atom. The van der Waals surface area contributed by atoms with Gasteiger partial charge in [0.15, 0.2) is 9.84 Å². The summed E-state index contributed by atoms with van der Waals surface area (Å²) in [5.41, 5.74) is 0. The Morgan fingerprint density at radius 1 is 1.18 bits per heavy atom. The summed E-state index contributed by atoms with van der Waals surface area (Å²) < 4.78 is 59.2. The first kappa shape index (κ1) is 17.0. The Hall–Kier alpha value is -0.0100. The van der Waals surface area contributed by atoms with Crippen molar-refractivity contribution in [2.75, 3.05) is 37.0 Å². The molecule has 8 heteroatoms. The Balaban J connectivity index is 4.27. The second-order valence-corrected chi connectivity index (χ2v) is 6.41. The molecular weight excluding hydrogens is 279 g/mol. The third kappa shape index (κ3) is 9.67. The first-order chi connectivity index (χ1) is 7.70. The van der Waals surface area contributed by atoms with Gasteiger partial charge in [-0.3, -0.25) is 4.90 Å². The summed E-state index contributed by atoms with van der Waals surface area (Å²) in [5.74, 6) is -0.203. The lowest BCUT2D eigenvalue weighted by molar-refractivity contribution is -0.144. The molecule has 17 heavy (non-hydrogen) atoms. The predicted molar refractivity (Wildman–Crippen MR) is 62.2 cm³/mol. The van der Waals surface area contributed by atoms with E-state index in [0.717, 1.165) is 4.90 Å². The van der Waals surface area contributed by atoms with Crippen LogP contribution in [0.25, 0.3) is 0 Å². The molecule has 0 aliphatic carbocycles. The van der Waals surface area contributed by atoms with Crippen LogP contribution in [0.1, 0.15) is 13.3 Å². The fraction of sp³-hybridized carbons (Fsp3) is 1.00. The van der Waals surface area contributed by atoms with Gasteiger partial charge >= 0.3 is 6.18 Å². The molecule has 0 amide bonds. The molecule has 0 radical (unpaired) electrons. The molecule has 0 fully saturated rings. The average molecular weight is 296 g/mol. The first-order valence-corrected chi connectivity index (χ1v) is 7.61. The van der Waals surface area contributed by atoms with E-state index in [1.165, 1.54) is 0 Å². The predicted octanol–water partition coefficient (Wildman–Crippen LogP) is 1.91. The van der Waals surface area contributed by atoms with Gasteiger partial charge in [-0.05, 0) is 6.42 Å². The van der Waals surface area contributed by atoms with Crippen molar-refractivity contribution in [2.24, 2.45) is 0 Å². The van der Waals surface area contributed by atoms with Gasteiger partial charge in [-0.1, -0.05) is 6.92 Å². The lowest BCUT2D eigenvalue weighted by atomic mass is 10.4. The van der Waals surface area contributed by atoms with Crippen molar-refractivity contribution in [3.05, 3.63) is 0 Å². The SMILES string of the molecule is CCCS(=O)(=O)CCN(CCCl)CC(F)(F)F. The Labute approximate surface area is 105 Å². The van der Waals surface area contributed by atoms with E-state index in [1.54, 1.807) is 6.92 Å². The molecule has 0 aromatic heterocycles. The zero-order chi connectivity index (χ0) is 13.5. The van der Waals surface area contributed by atoms with Gasteiger partial charge in [0.2, 0.25) is 0 Å². The van der Waals surface area contributed by atoms with Gasteiger partial charge in [0.05, 0.1) is 12.3 Å². The van der Waals surface area contributed by atoms with Crippen LogP contribution in [0.15, 0.2) is 0 Å². The van der Waals surface area contributed by atoms with Crippen LogP contribution in [0, 0.1) is 0 Å². The fourth-order valence-electron chi connectivity index (χ4n) is 1.32. The summed E-state index contributed by atoms with van der Waals surface area (Å²) in [6.45, 7) is 0.489. The summed E-state index contributed by atoms with van der Waals surface area (Å²) in [5, 5.41) is 0. The summed E-state index contributed by atoms with van der Waals surface area (Å²) in [6.07, 6.45) is -3.86. The molecule has 0 unspecified atom stereocenters. The monoisotopic (exact) mass is 295 g/mol.